The lowest BCUT2D eigenvalue weighted by Crippen LogP contribution is -2.46. The van der Waals surface area contributed by atoms with Crippen molar-refractivity contribution in [1.82, 2.24) is 9.55 Å². The van der Waals surface area contributed by atoms with E-state index < -0.39 is 0 Å². The van der Waals surface area contributed by atoms with Gasteiger partial charge < -0.3 is 14.2 Å². The summed E-state index contributed by atoms with van der Waals surface area (Å²) >= 11 is 1.84. The highest BCUT2D eigenvalue weighted by atomic mass is 32.1. The maximum absolute atomic E-state index is 5.95. The first kappa shape index (κ1) is 17.0. The Morgan fingerprint density at radius 2 is 2.07 bits per heavy atom. The van der Waals surface area contributed by atoms with E-state index in [2.05, 4.69) is 64.5 Å². The smallest absolute Gasteiger partial charge is 0.185 e. The van der Waals surface area contributed by atoms with Crippen LogP contribution in [0.15, 0.2) is 55.0 Å². The lowest BCUT2D eigenvalue weighted by Gasteiger charge is -2.40. The summed E-state index contributed by atoms with van der Waals surface area (Å²) in [5, 5.41) is 1.18. The van der Waals surface area contributed by atoms with Gasteiger partial charge in [-0.2, -0.15) is 0 Å². The largest absolute Gasteiger partial charge is 0.378 e. The molecule has 2 aromatic heterocycles. The van der Waals surface area contributed by atoms with Gasteiger partial charge in [0.2, 0.25) is 0 Å². The number of hydrogen-bond acceptors (Lipinski definition) is 4. The summed E-state index contributed by atoms with van der Waals surface area (Å²) in [6.07, 6.45) is 11.3. The van der Waals surface area contributed by atoms with Gasteiger partial charge in [0.15, 0.2) is 5.13 Å². The highest BCUT2D eigenvalue weighted by Gasteiger charge is 2.32. The van der Waals surface area contributed by atoms with E-state index in [1.807, 2.05) is 11.3 Å². The van der Waals surface area contributed by atoms with Crippen LogP contribution in [0.25, 0.3) is 5.69 Å². The fourth-order valence-electron chi connectivity index (χ4n) is 4.32. The van der Waals surface area contributed by atoms with Crippen LogP contribution in [-0.2, 0) is 11.2 Å². The van der Waals surface area contributed by atoms with Gasteiger partial charge in [-0.25, -0.2) is 4.98 Å². The summed E-state index contributed by atoms with van der Waals surface area (Å²) in [5.41, 5.74) is 2.54. The van der Waals surface area contributed by atoms with Gasteiger partial charge in [-0.3, -0.25) is 0 Å². The molecule has 2 saturated heterocycles. The normalized spacial score (nSPS) is 22.6. The number of rotatable bonds is 4. The second kappa shape index (κ2) is 7.49. The Bertz CT molecular complexity index is 889. The third-order valence-corrected chi connectivity index (χ3v) is 6.78. The van der Waals surface area contributed by atoms with Gasteiger partial charge in [-0.05, 0) is 49.1 Å². The van der Waals surface area contributed by atoms with Gasteiger partial charge in [0, 0.05) is 61.2 Å². The maximum atomic E-state index is 5.95. The highest BCUT2D eigenvalue weighted by Crippen LogP contribution is 2.33. The summed E-state index contributed by atoms with van der Waals surface area (Å²) in [7, 11) is 0. The molecule has 0 N–H and O–H groups in total. The number of fused-ring (bicyclic) bond motifs is 1. The van der Waals surface area contributed by atoms with Crippen molar-refractivity contribution < 1.29 is 4.74 Å². The molecule has 2 aliphatic heterocycles. The molecule has 140 valence electrons. The molecule has 0 aliphatic carbocycles. The minimum Gasteiger partial charge on any atom is -0.378 e. The Kier molecular flexibility index (Phi) is 4.72. The number of hydrogen-bond donors (Lipinski definition) is 0. The van der Waals surface area contributed by atoms with E-state index in [1.165, 1.54) is 34.1 Å². The van der Waals surface area contributed by atoms with Crippen LogP contribution in [-0.4, -0.2) is 35.4 Å². The first-order chi connectivity index (χ1) is 13.3. The number of thiazole rings is 1. The lowest BCUT2D eigenvalue weighted by molar-refractivity contribution is -0.0357. The Balaban J connectivity index is 1.28. The minimum absolute atomic E-state index is 0.478. The number of anilines is 1. The van der Waals surface area contributed by atoms with Crippen LogP contribution in [0.1, 0.15) is 29.7 Å². The summed E-state index contributed by atoms with van der Waals surface area (Å²) in [6.45, 7) is 3.11. The van der Waals surface area contributed by atoms with Crippen LogP contribution < -0.4 is 4.90 Å². The van der Waals surface area contributed by atoms with Crippen molar-refractivity contribution in [2.75, 3.05) is 24.6 Å². The predicted octanol–water partition coefficient (Wildman–Crippen LogP) is 4.53. The number of ether oxygens (including phenoxy) is 1. The van der Waals surface area contributed by atoms with Gasteiger partial charge in [0.1, 0.15) is 0 Å². The second-order valence-corrected chi connectivity index (χ2v) is 8.69. The SMILES string of the molecule is c1cc(Cc2cnc(N3CCC4OCCCC4C3)s2)cc(-n2cccc2)c1. The van der Waals surface area contributed by atoms with Crippen LogP contribution >= 0.6 is 11.3 Å². The molecule has 2 fully saturated rings. The lowest BCUT2D eigenvalue weighted by atomic mass is 9.89. The fourth-order valence-corrected chi connectivity index (χ4v) is 5.30. The molecule has 4 heterocycles. The Morgan fingerprint density at radius 3 is 3.00 bits per heavy atom. The van der Waals surface area contributed by atoms with Gasteiger partial charge in [-0.15, -0.1) is 11.3 Å². The predicted molar refractivity (Wildman–Crippen MR) is 110 cm³/mol. The molecule has 1 aromatic carbocycles. The van der Waals surface area contributed by atoms with E-state index in [4.69, 9.17) is 9.72 Å². The molecular formula is C22H25N3OS. The molecule has 2 unspecified atom stereocenters. The number of piperidine rings is 1. The number of nitrogens with zero attached hydrogens (tertiary/aromatic N) is 3. The van der Waals surface area contributed by atoms with Crippen LogP contribution in [0.3, 0.4) is 0 Å². The van der Waals surface area contributed by atoms with Crippen LogP contribution in [0, 0.1) is 5.92 Å². The summed E-state index contributed by atoms with van der Waals surface area (Å²) in [5.74, 6) is 0.679. The Morgan fingerprint density at radius 1 is 1.15 bits per heavy atom. The monoisotopic (exact) mass is 379 g/mol. The molecule has 27 heavy (non-hydrogen) atoms. The van der Waals surface area contributed by atoms with Gasteiger partial charge >= 0.3 is 0 Å². The molecule has 2 atom stereocenters. The minimum atomic E-state index is 0.478. The topological polar surface area (TPSA) is 30.3 Å². The van der Waals surface area contributed by atoms with Gasteiger partial charge in [-0.1, -0.05) is 12.1 Å². The van der Waals surface area contributed by atoms with Crippen molar-refractivity contribution in [1.29, 1.82) is 0 Å². The van der Waals surface area contributed by atoms with E-state index >= 15 is 0 Å². The average Bonchev–Trinajstić information content (AvgIpc) is 3.40. The second-order valence-electron chi connectivity index (χ2n) is 7.59. The third-order valence-electron chi connectivity index (χ3n) is 5.72. The van der Waals surface area contributed by atoms with Gasteiger partial charge in [0.25, 0.3) is 0 Å². The fraction of sp³-hybridized carbons (Fsp3) is 0.409. The van der Waals surface area contributed by atoms with E-state index in [0.29, 0.717) is 12.0 Å². The molecule has 3 aromatic rings. The zero-order valence-corrected chi connectivity index (χ0v) is 16.3. The van der Waals surface area contributed by atoms with Crippen LogP contribution in [0.2, 0.25) is 0 Å². The molecule has 4 nitrogen and oxygen atoms in total. The molecular weight excluding hydrogens is 354 g/mol. The molecule has 2 aliphatic rings. The first-order valence-electron chi connectivity index (χ1n) is 9.89. The summed E-state index contributed by atoms with van der Waals surface area (Å²) in [4.78, 5) is 8.55. The number of benzene rings is 1. The molecule has 0 radical (unpaired) electrons. The molecule has 5 rings (SSSR count). The quantitative estimate of drug-likeness (QED) is 0.667. The van der Waals surface area contributed by atoms with Crippen molar-refractivity contribution in [2.45, 2.75) is 31.8 Å². The van der Waals surface area contributed by atoms with E-state index in [-0.39, 0.29) is 0 Å². The molecule has 0 saturated carbocycles. The van der Waals surface area contributed by atoms with Crippen molar-refractivity contribution in [3.8, 4) is 5.69 Å². The van der Waals surface area contributed by atoms with Crippen molar-refractivity contribution in [3.05, 3.63) is 65.4 Å². The Hall–Kier alpha value is -2.11. The van der Waals surface area contributed by atoms with Gasteiger partial charge in [0.05, 0.1) is 6.10 Å². The molecule has 0 spiro atoms. The van der Waals surface area contributed by atoms with E-state index in [9.17, 15) is 0 Å². The maximum Gasteiger partial charge on any atom is 0.185 e. The van der Waals surface area contributed by atoms with Crippen molar-refractivity contribution in [2.24, 2.45) is 5.92 Å². The molecule has 0 amide bonds. The van der Waals surface area contributed by atoms with E-state index in [0.717, 1.165) is 32.5 Å². The molecule has 5 heteroatoms. The summed E-state index contributed by atoms with van der Waals surface area (Å²) in [6, 6.07) is 12.9. The number of aromatic nitrogens is 2. The van der Waals surface area contributed by atoms with Crippen LogP contribution in [0.4, 0.5) is 5.13 Å². The molecule has 0 bridgehead atoms. The summed E-state index contributed by atoms with van der Waals surface area (Å²) < 4.78 is 8.10. The van der Waals surface area contributed by atoms with Crippen molar-refractivity contribution in [3.63, 3.8) is 0 Å². The third kappa shape index (κ3) is 3.66. The Labute approximate surface area is 164 Å². The van der Waals surface area contributed by atoms with E-state index in [1.54, 1.807) is 0 Å². The highest BCUT2D eigenvalue weighted by molar-refractivity contribution is 7.15. The van der Waals surface area contributed by atoms with Crippen LogP contribution in [0.5, 0.6) is 0 Å². The van der Waals surface area contributed by atoms with Crippen molar-refractivity contribution >= 4 is 16.5 Å². The standard InChI is InChI=1S/C22H25N3OS/c1-2-10-24(9-1)19-7-3-5-17(13-19)14-20-15-23-22(27-20)25-11-8-21-18(16-25)6-4-12-26-21/h1-3,5,7,9-10,13,15,18,21H,4,6,8,11-12,14,16H2. The zero-order chi connectivity index (χ0) is 18.1. The zero-order valence-electron chi connectivity index (χ0n) is 15.5. The average molecular weight is 380 g/mol. The first-order valence-corrected chi connectivity index (χ1v) is 10.7.